The number of thiazole rings is 1. The number of aryl methyl sites for hydroxylation is 1. The lowest BCUT2D eigenvalue weighted by Crippen LogP contribution is -2.29. The maximum atomic E-state index is 13.3. The Hall–Kier alpha value is -4.05. The number of aliphatic hydroxyl groups is 1. The Morgan fingerprint density at radius 3 is 2.56 bits per heavy atom. The van der Waals surface area contributed by atoms with Crippen molar-refractivity contribution < 1.29 is 29.0 Å². The molecule has 1 saturated heterocycles. The van der Waals surface area contributed by atoms with Gasteiger partial charge in [-0.2, -0.15) is 0 Å². The molecule has 0 aliphatic carbocycles. The molecular formula is C26H25N3O6S. The number of esters is 1. The number of nitrogens with zero attached hydrogens (tertiary/aromatic N) is 3. The fourth-order valence-corrected chi connectivity index (χ4v) is 4.83. The molecule has 0 radical (unpaired) electrons. The van der Waals surface area contributed by atoms with Crippen LogP contribution < -0.4 is 9.64 Å². The van der Waals surface area contributed by atoms with Crippen molar-refractivity contribution in [2.75, 3.05) is 18.1 Å². The second kappa shape index (κ2) is 10.7. The van der Waals surface area contributed by atoms with Crippen molar-refractivity contribution in [3.8, 4) is 5.75 Å². The minimum Gasteiger partial charge on any atom is -0.507 e. The lowest BCUT2D eigenvalue weighted by Gasteiger charge is -2.22. The number of rotatable bonds is 8. The van der Waals surface area contributed by atoms with Gasteiger partial charge < -0.3 is 14.6 Å². The number of aromatic nitrogens is 2. The van der Waals surface area contributed by atoms with Crippen LogP contribution in [0.1, 0.15) is 52.8 Å². The number of anilines is 1. The molecule has 1 N–H and O–H groups in total. The van der Waals surface area contributed by atoms with Gasteiger partial charge in [-0.1, -0.05) is 24.3 Å². The molecule has 4 rings (SSSR count). The van der Waals surface area contributed by atoms with E-state index in [0.717, 1.165) is 17.8 Å². The summed E-state index contributed by atoms with van der Waals surface area (Å²) in [6.07, 6.45) is 3.94. The minimum absolute atomic E-state index is 0.0965. The van der Waals surface area contributed by atoms with Gasteiger partial charge in [0.2, 0.25) is 0 Å². The molecular weight excluding hydrogens is 482 g/mol. The van der Waals surface area contributed by atoms with Crippen molar-refractivity contribution >= 4 is 39.9 Å². The summed E-state index contributed by atoms with van der Waals surface area (Å²) in [5.41, 5.74) is 1.14. The molecule has 1 amide bonds. The first-order valence-corrected chi connectivity index (χ1v) is 12.3. The molecule has 1 aliphatic heterocycles. The molecule has 1 aromatic carbocycles. The van der Waals surface area contributed by atoms with Crippen LogP contribution in [-0.4, -0.2) is 45.9 Å². The highest BCUT2D eigenvalue weighted by Gasteiger charge is 2.48. The van der Waals surface area contributed by atoms with Crippen molar-refractivity contribution in [3.05, 3.63) is 76.1 Å². The molecule has 0 unspecified atom stereocenters. The molecule has 186 valence electrons. The van der Waals surface area contributed by atoms with Gasteiger partial charge in [0.25, 0.3) is 5.78 Å². The number of ketones is 1. The molecule has 1 atom stereocenters. The van der Waals surface area contributed by atoms with Gasteiger partial charge in [-0.3, -0.25) is 19.5 Å². The molecule has 10 heteroatoms. The molecule has 9 nitrogen and oxygen atoms in total. The topological polar surface area (TPSA) is 119 Å². The SMILES string of the molecule is CCCOc1ccc(C(O)=C2C(=O)C(=O)N(c3nc(C)c(C(=O)OCC)s3)[C@H]2c2cccnc2)cc1. The highest BCUT2D eigenvalue weighted by atomic mass is 32.1. The second-order valence-corrected chi connectivity index (χ2v) is 8.94. The number of benzene rings is 1. The number of hydrogen-bond donors (Lipinski definition) is 1. The zero-order valence-electron chi connectivity index (χ0n) is 20.1. The van der Waals surface area contributed by atoms with Crippen LogP contribution in [0, 0.1) is 6.92 Å². The van der Waals surface area contributed by atoms with Crippen molar-refractivity contribution in [1.29, 1.82) is 0 Å². The summed E-state index contributed by atoms with van der Waals surface area (Å²) in [5, 5.41) is 11.4. The Labute approximate surface area is 212 Å². The first-order chi connectivity index (χ1) is 17.4. The predicted octanol–water partition coefficient (Wildman–Crippen LogP) is 4.44. The van der Waals surface area contributed by atoms with E-state index in [0.29, 0.717) is 29.2 Å². The number of amides is 1. The summed E-state index contributed by atoms with van der Waals surface area (Å²) in [6, 6.07) is 9.02. The predicted molar refractivity (Wildman–Crippen MR) is 134 cm³/mol. The molecule has 2 aromatic heterocycles. The van der Waals surface area contributed by atoms with E-state index in [1.165, 1.54) is 11.1 Å². The molecule has 1 fully saturated rings. The maximum Gasteiger partial charge on any atom is 0.350 e. The van der Waals surface area contributed by atoms with Crippen LogP contribution in [0.2, 0.25) is 0 Å². The van der Waals surface area contributed by atoms with Crippen LogP contribution in [0.5, 0.6) is 5.75 Å². The van der Waals surface area contributed by atoms with Crippen LogP contribution in [0.25, 0.3) is 5.76 Å². The van der Waals surface area contributed by atoms with Crippen LogP contribution in [0.15, 0.2) is 54.4 Å². The van der Waals surface area contributed by atoms with Crippen molar-refractivity contribution in [2.45, 2.75) is 33.2 Å². The normalized spacial score (nSPS) is 16.9. The van der Waals surface area contributed by atoms with Crippen LogP contribution in [-0.2, 0) is 14.3 Å². The smallest absolute Gasteiger partial charge is 0.350 e. The summed E-state index contributed by atoms with van der Waals surface area (Å²) in [5.74, 6) is -1.98. The van der Waals surface area contributed by atoms with Gasteiger partial charge in [0.1, 0.15) is 16.4 Å². The van der Waals surface area contributed by atoms with Gasteiger partial charge >= 0.3 is 11.9 Å². The molecule has 36 heavy (non-hydrogen) atoms. The fraction of sp³-hybridized carbons (Fsp3) is 0.269. The summed E-state index contributed by atoms with van der Waals surface area (Å²) < 4.78 is 10.7. The molecule has 0 bridgehead atoms. The Morgan fingerprint density at radius 2 is 1.92 bits per heavy atom. The summed E-state index contributed by atoms with van der Waals surface area (Å²) >= 11 is 0.954. The van der Waals surface area contributed by atoms with Gasteiger partial charge in [-0.15, -0.1) is 0 Å². The summed E-state index contributed by atoms with van der Waals surface area (Å²) in [7, 11) is 0. The summed E-state index contributed by atoms with van der Waals surface area (Å²) in [4.78, 5) is 48.8. The third-order valence-electron chi connectivity index (χ3n) is 5.50. The van der Waals surface area contributed by atoms with Crippen LogP contribution in [0.4, 0.5) is 5.13 Å². The zero-order chi connectivity index (χ0) is 25.8. The average molecular weight is 508 g/mol. The molecule has 3 aromatic rings. The monoisotopic (exact) mass is 507 g/mol. The van der Waals surface area contributed by atoms with E-state index in [2.05, 4.69) is 9.97 Å². The number of ether oxygens (including phenoxy) is 2. The lowest BCUT2D eigenvalue weighted by atomic mass is 9.96. The number of carbonyl (C=O) groups excluding carboxylic acids is 3. The van der Waals surface area contributed by atoms with Crippen molar-refractivity contribution in [2.24, 2.45) is 0 Å². The van der Waals surface area contributed by atoms with Crippen molar-refractivity contribution in [1.82, 2.24) is 9.97 Å². The lowest BCUT2D eigenvalue weighted by molar-refractivity contribution is -0.132. The quantitative estimate of drug-likeness (QED) is 0.206. The Bertz CT molecular complexity index is 1320. The van der Waals surface area contributed by atoms with E-state index >= 15 is 0 Å². The number of carbonyl (C=O) groups is 3. The maximum absolute atomic E-state index is 13.3. The van der Waals surface area contributed by atoms with Crippen molar-refractivity contribution in [3.63, 3.8) is 0 Å². The number of hydrogen-bond acceptors (Lipinski definition) is 9. The van der Waals surface area contributed by atoms with E-state index in [1.54, 1.807) is 56.4 Å². The zero-order valence-corrected chi connectivity index (χ0v) is 20.9. The van der Waals surface area contributed by atoms with Gasteiger partial charge in [-0.05, 0) is 56.2 Å². The molecule has 0 saturated carbocycles. The summed E-state index contributed by atoms with van der Waals surface area (Å²) in [6.45, 7) is 6.06. The molecule has 1 aliphatic rings. The van der Waals surface area contributed by atoms with Gasteiger partial charge in [0.15, 0.2) is 5.13 Å². The molecule has 3 heterocycles. The highest BCUT2D eigenvalue weighted by molar-refractivity contribution is 7.17. The standard InChI is InChI=1S/C26H25N3O6S/c1-4-13-35-18-10-8-16(9-11-18)21(30)19-20(17-7-6-12-27-14-17)29(24(32)22(19)31)26-28-15(3)23(36-26)25(33)34-5-2/h6-12,14,20,30H,4-5,13H2,1-3H3/t20-/m0/s1. The Kier molecular flexibility index (Phi) is 7.44. The first kappa shape index (κ1) is 25.1. The van der Waals surface area contributed by atoms with E-state index in [1.807, 2.05) is 6.92 Å². The van der Waals surface area contributed by atoms with Crippen LogP contribution in [0.3, 0.4) is 0 Å². The van der Waals surface area contributed by atoms with Gasteiger partial charge in [-0.25, -0.2) is 9.78 Å². The van der Waals surface area contributed by atoms with Gasteiger partial charge in [0.05, 0.1) is 30.5 Å². The van der Waals surface area contributed by atoms with Gasteiger partial charge in [0, 0.05) is 18.0 Å². The highest BCUT2D eigenvalue weighted by Crippen LogP contribution is 2.43. The average Bonchev–Trinajstić information content (AvgIpc) is 3.40. The fourth-order valence-electron chi connectivity index (χ4n) is 3.84. The number of aliphatic hydroxyl groups excluding tert-OH is 1. The van der Waals surface area contributed by atoms with E-state index in [4.69, 9.17) is 9.47 Å². The third-order valence-corrected chi connectivity index (χ3v) is 6.63. The van der Waals surface area contributed by atoms with Crippen LogP contribution >= 0.6 is 11.3 Å². The molecule has 0 spiro atoms. The Morgan fingerprint density at radius 1 is 1.17 bits per heavy atom. The minimum atomic E-state index is -0.990. The first-order valence-electron chi connectivity index (χ1n) is 11.5. The van der Waals surface area contributed by atoms with E-state index in [9.17, 15) is 19.5 Å². The second-order valence-electron chi connectivity index (χ2n) is 7.96. The number of Topliss-reactive ketones (excluding diaryl/α,β-unsaturated/α-hetero) is 1. The largest absolute Gasteiger partial charge is 0.507 e. The van der Waals surface area contributed by atoms with E-state index < -0.39 is 23.7 Å². The third kappa shape index (κ3) is 4.72. The Balaban J connectivity index is 1.82. The van der Waals surface area contributed by atoms with E-state index in [-0.39, 0.29) is 27.9 Å². The number of pyridine rings is 1.